The number of fused-ring (bicyclic) bond motifs is 1. The summed E-state index contributed by atoms with van der Waals surface area (Å²) in [6.07, 6.45) is 0. The summed E-state index contributed by atoms with van der Waals surface area (Å²) in [5.41, 5.74) is 4.51. The third-order valence-electron chi connectivity index (χ3n) is 4.62. The largest absolute Gasteiger partial charge is 0.497 e. The van der Waals surface area contributed by atoms with E-state index >= 15 is 0 Å². The molecule has 0 saturated heterocycles. The molecule has 0 unspecified atom stereocenters. The number of ether oxygens (including phenoxy) is 1. The van der Waals surface area contributed by atoms with Crippen molar-refractivity contribution in [1.82, 2.24) is 19.8 Å². The minimum atomic E-state index is -0.362. The van der Waals surface area contributed by atoms with Crippen LogP contribution in [0.4, 0.5) is 5.69 Å². The molecule has 0 radical (unpaired) electrons. The number of anilines is 1. The fourth-order valence-electron chi connectivity index (χ4n) is 3.17. The normalized spacial score (nSPS) is 10.9. The van der Waals surface area contributed by atoms with Gasteiger partial charge in [0.25, 0.3) is 5.91 Å². The van der Waals surface area contributed by atoms with Crippen molar-refractivity contribution in [3.8, 4) is 16.9 Å². The SMILES string of the molecule is COc1ccc(NC(=O)c2nnc3c(-c4cccc(Cl)c4)c(C)nn3c2C)cc1. The molecule has 4 aromatic rings. The van der Waals surface area contributed by atoms with Gasteiger partial charge in [0.2, 0.25) is 0 Å². The number of rotatable bonds is 4. The maximum Gasteiger partial charge on any atom is 0.278 e. The summed E-state index contributed by atoms with van der Waals surface area (Å²) < 4.78 is 6.77. The fourth-order valence-corrected chi connectivity index (χ4v) is 3.36. The average Bonchev–Trinajstić information content (AvgIpc) is 3.05. The lowest BCUT2D eigenvalue weighted by molar-refractivity contribution is 0.102. The highest BCUT2D eigenvalue weighted by Crippen LogP contribution is 2.29. The first-order valence-electron chi connectivity index (χ1n) is 8.92. The molecular weight excluding hydrogens is 390 g/mol. The topological polar surface area (TPSA) is 81.4 Å². The Morgan fingerprint density at radius 3 is 2.55 bits per heavy atom. The molecule has 0 atom stereocenters. The van der Waals surface area contributed by atoms with E-state index in [1.807, 2.05) is 31.2 Å². The lowest BCUT2D eigenvalue weighted by Crippen LogP contribution is -2.18. The van der Waals surface area contributed by atoms with Crippen molar-refractivity contribution in [2.45, 2.75) is 13.8 Å². The Hall–Kier alpha value is -3.45. The number of carbonyl (C=O) groups is 1. The first kappa shape index (κ1) is 18.9. The second kappa shape index (κ2) is 7.52. The van der Waals surface area contributed by atoms with Crippen molar-refractivity contribution in [2.24, 2.45) is 0 Å². The second-order valence-electron chi connectivity index (χ2n) is 6.52. The molecule has 8 heteroatoms. The van der Waals surface area contributed by atoms with Crippen LogP contribution in [0.5, 0.6) is 5.75 Å². The van der Waals surface area contributed by atoms with E-state index < -0.39 is 0 Å². The summed E-state index contributed by atoms with van der Waals surface area (Å²) in [7, 11) is 1.59. The molecule has 1 amide bonds. The molecule has 0 aliphatic carbocycles. The minimum Gasteiger partial charge on any atom is -0.497 e. The van der Waals surface area contributed by atoms with Gasteiger partial charge >= 0.3 is 0 Å². The highest BCUT2D eigenvalue weighted by Gasteiger charge is 2.20. The predicted molar refractivity (Wildman–Crippen MR) is 112 cm³/mol. The van der Waals surface area contributed by atoms with Gasteiger partial charge in [0.1, 0.15) is 5.75 Å². The van der Waals surface area contributed by atoms with Crippen LogP contribution in [0.1, 0.15) is 21.9 Å². The smallest absolute Gasteiger partial charge is 0.278 e. The number of aromatic nitrogens is 4. The predicted octanol–water partition coefficient (Wildman–Crippen LogP) is 4.32. The average molecular weight is 408 g/mol. The number of carbonyl (C=O) groups excluding carboxylic acids is 1. The van der Waals surface area contributed by atoms with Gasteiger partial charge in [-0.3, -0.25) is 4.79 Å². The third kappa shape index (κ3) is 3.52. The van der Waals surface area contributed by atoms with Crippen LogP contribution >= 0.6 is 11.6 Å². The molecule has 0 bridgehead atoms. The molecule has 0 spiro atoms. The molecule has 1 N–H and O–H groups in total. The first-order chi connectivity index (χ1) is 14.0. The summed E-state index contributed by atoms with van der Waals surface area (Å²) in [4.78, 5) is 12.7. The van der Waals surface area contributed by atoms with Crippen LogP contribution in [-0.2, 0) is 0 Å². The Kier molecular flexibility index (Phi) is 4.90. The molecule has 146 valence electrons. The Morgan fingerprint density at radius 1 is 1.10 bits per heavy atom. The van der Waals surface area contributed by atoms with Crippen LogP contribution in [0.25, 0.3) is 16.8 Å². The highest BCUT2D eigenvalue weighted by atomic mass is 35.5. The van der Waals surface area contributed by atoms with E-state index in [-0.39, 0.29) is 11.6 Å². The van der Waals surface area contributed by atoms with Gasteiger partial charge in [0, 0.05) is 10.7 Å². The van der Waals surface area contributed by atoms with E-state index in [1.165, 1.54) is 0 Å². The minimum absolute atomic E-state index is 0.202. The lowest BCUT2D eigenvalue weighted by Gasteiger charge is -2.08. The standard InChI is InChI=1S/C21H18ClN5O2/c1-12-18(14-5-4-6-15(22)11-14)20-25-24-19(13(2)27(20)26-12)21(28)23-16-7-9-17(29-3)10-8-16/h4-11H,1-3H3,(H,23,28). The molecule has 2 heterocycles. The van der Waals surface area contributed by atoms with Crippen LogP contribution < -0.4 is 10.1 Å². The Bertz CT molecular complexity index is 1220. The number of hydrogen-bond acceptors (Lipinski definition) is 5. The number of amides is 1. The molecule has 0 aliphatic heterocycles. The molecule has 0 aliphatic rings. The molecule has 4 rings (SSSR count). The molecular formula is C21H18ClN5O2. The van der Waals surface area contributed by atoms with Gasteiger partial charge in [-0.15, -0.1) is 10.2 Å². The van der Waals surface area contributed by atoms with E-state index in [0.29, 0.717) is 27.8 Å². The van der Waals surface area contributed by atoms with Crippen molar-refractivity contribution in [2.75, 3.05) is 12.4 Å². The molecule has 2 aromatic heterocycles. The van der Waals surface area contributed by atoms with Crippen molar-refractivity contribution < 1.29 is 9.53 Å². The summed E-state index contributed by atoms with van der Waals surface area (Å²) in [5, 5.41) is 16.5. The van der Waals surface area contributed by atoms with Crippen molar-refractivity contribution >= 4 is 28.8 Å². The number of nitrogens with zero attached hydrogens (tertiary/aromatic N) is 4. The number of halogens is 1. The highest BCUT2D eigenvalue weighted by molar-refractivity contribution is 6.30. The lowest BCUT2D eigenvalue weighted by atomic mass is 10.1. The van der Waals surface area contributed by atoms with Gasteiger partial charge in [0.15, 0.2) is 11.3 Å². The first-order valence-corrected chi connectivity index (χ1v) is 9.29. The van der Waals surface area contributed by atoms with Crippen molar-refractivity contribution in [3.63, 3.8) is 0 Å². The fraction of sp³-hybridized carbons (Fsp3) is 0.143. The summed E-state index contributed by atoms with van der Waals surface area (Å²) in [6, 6.07) is 14.5. The van der Waals surface area contributed by atoms with Gasteiger partial charge in [0.05, 0.1) is 24.1 Å². The number of hydrogen-bond donors (Lipinski definition) is 1. The third-order valence-corrected chi connectivity index (χ3v) is 4.85. The zero-order chi connectivity index (χ0) is 20.5. The monoisotopic (exact) mass is 407 g/mol. The summed E-state index contributed by atoms with van der Waals surface area (Å²) in [5.74, 6) is 0.348. The van der Waals surface area contributed by atoms with Gasteiger partial charge in [-0.1, -0.05) is 23.7 Å². The van der Waals surface area contributed by atoms with Crippen molar-refractivity contribution in [3.05, 3.63) is 70.6 Å². The van der Waals surface area contributed by atoms with Crippen LogP contribution in [0, 0.1) is 13.8 Å². The Morgan fingerprint density at radius 2 is 1.86 bits per heavy atom. The number of nitrogens with one attached hydrogen (secondary N) is 1. The zero-order valence-electron chi connectivity index (χ0n) is 16.1. The summed E-state index contributed by atoms with van der Waals surface area (Å²) >= 11 is 6.14. The number of aryl methyl sites for hydroxylation is 2. The van der Waals surface area contributed by atoms with Gasteiger partial charge < -0.3 is 10.1 Å². The van der Waals surface area contributed by atoms with E-state index in [9.17, 15) is 4.79 Å². The molecule has 0 saturated carbocycles. The van der Waals surface area contributed by atoms with Crippen LogP contribution in [-0.4, -0.2) is 32.8 Å². The molecule has 0 fully saturated rings. The van der Waals surface area contributed by atoms with E-state index in [1.54, 1.807) is 42.8 Å². The van der Waals surface area contributed by atoms with Crippen LogP contribution in [0.15, 0.2) is 48.5 Å². The quantitative estimate of drug-likeness (QED) is 0.544. The Balaban J connectivity index is 1.72. The number of benzene rings is 2. The molecule has 29 heavy (non-hydrogen) atoms. The van der Waals surface area contributed by atoms with E-state index in [0.717, 1.165) is 16.8 Å². The van der Waals surface area contributed by atoms with Crippen molar-refractivity contribution in [1.29, 1.82) is 0 Å². The maximum atomic E-state index is 12.7. The Labute approximate surface area is 172 Å². The van der Waals surface area contributed by atoms with Gasteiger partial charge in [-0.05, 0) is 55.8 Å². The van der Waals surface area contributed by atoms with Crippen LogP contribution in [0.2, 0.25) is 5.02 Å². The van der Waals surface area contributed by atoms with E-state index in [2.05, 4.69) is 20.6 Å². The van der Waals surface area contributed by atoms with Crippen LogP contribution in [0.3, 0.4) is 0 Å². The van der Waals surface area contributed by atoms with Gasteiger partial charge in [-0.25, -0.2) is 4.52 Å². The van der Waals surface area contributed by atoms with E-state index in [4.69, 9.17) is 16.3 Å². The second-order valence-corrected chi connectivity index (χ2v) is 6.96. The summed E-state index contributed by atoms with van der Waals surface area (Å²) in [6.45, 7) is 3.68. The molecule has 2 aromatic carbocycles. The number of methoxy groups -OCH3 is 1. The van der Waals surface area contributed by atoms with Gasteiger partial charge in [-0.2, -0.15) is 5.10 Å². The maximum absolute atomic E-state index is 12.7. The molecule has 7 nitrogen and oxygen atoms in total. The zero-order valence-corrected chi connectivity index (χ0v) is 16.9.